The Morgan fingerprint density at radius 2 is 2.06 bits per heavy atom. The summed E-state index contributed by atoms with van der Waals surface area (Å²) in [4.78, 5) is 22.1. The van der Waals surface area contributed by atoms with Crippen LogP contribution in [0.25, 0.3) is 0 Å². The summed E-state index contributed by atoms with van der Waals surface area (Å²) in [6.45, 7) is 5.28. The summed E-state index contributed by atoms with van der Waals surface area (Å²) in [5.41, 5.74) is 0.224. The largest absolute Gasteiger partial charge is 0.480 e. The number of carbonyl (C=O) groups is 2. The Labute approximate surface area is 93.3 Å². The van der Waals surface area contributed by atoms with Gasteiger partial charge in [0.15, 0.2) is 0 Å². The molecule has 1 amide bonds. The molecule has 0 aliphatic carbocycles. The minimum absolute atomic E-state index is 0.165. The highest BCUT2D eigenvalue weighted by atomic mass is 16.4. The summed E-state index contributed by atoms with van der Waals surface area (Å²) < 4.78 is 1.64. The fourth-order valence-electron chi connectivity index (χ4n) is 1.08. The molecule has 0 spiro atoms. The van der Waals surface area contributed by atoms with Crippen molar-refractivity contribution in [3.05, 3.63) is 18.0 Å². The van der Waals surface area contributed by atoms with Crippen LogP contribution in [0.5, 0.6) is 0 Å². The minimum Gasteiger partial charge on any atom is -0.480 e. The van der Waals surface area contributed by atoms with Crippen LogP contribution in [0.15, 0.2) is 12.3 Å². The van der Waals surface area contributed by atoms with Crippen LogP contribution >= 0.6 is 0 Å². The van der Waals surface area contributed by atoms with Crippen molar-refractivity contribution >= 4 is 11.9 Å². The molecule has 0 fully saturated rings. The number of nitrogens with zero attached hydrogens (tertiary/aromatic N) is 2. The SMILES string of the molecule is CC(C)n1ccc(C(=O)N[C@H](C)C(=O)O)n1. The van der Waals surface area contributed by atoms with Crippen LogP contribution in [0.4, 0.5) is 0 Å². The van der Waals surface area contributed by atoms with Gasteiger partial charge in [0.2, 0.25) is 0 Å². The maximum absolute atomic E-state index is 11.5. The molecule has 0 aliphatic heterocycles. The van der Waals surface area contributed by atoms with Gasteiger partial charge in [-0.25, -0.2) is 0 Å². The van der Waals surface area contributed by atoms with Gasteiger partial charge in [0.1, 0.15) is 11.7 Å². The first kappa shape index (κ1) is 12.2. The number of nitrogens with one attached hydrogen (secondary N) is 1. The smallest absolute Gasteiger partial charge is 0.325 e. The molecule has 1 atom stereocenters. The molecule has 0 aromatic carbocycles. The Morgan fingerprint density at radius 3 is 2.50 bits per heavy atom. The minimum atomic E-state index is -1.07. The van der Waals surface area contributed by atoms with Crippen LogP contribution in [0, 0.1) is 0 Å². The molecule has 2 N–H and O–H groups in total. The number of aromatic nitrogens is 2. The van der Waals surface area contributed by atoms with Gasteiger partial charge in [0.05, 0.1) is 0 Å². The van der Waals surface area contributed by atoms with E-state index in [1.807, 2.05) is 13.8 Å². The normalized spacial score (nSPS) is 12.5. The molecule has 0 saturated heterocycles. The lowest BCUT2D eigenvalue weighted by molar-refractivity contribution is -0.138. The summed E-state index contributed by atoms with van der Waals surface area (Å²) >= 11 is 0. The molecule has 0 aliphatic rings. The second-order valence-corrected chi connectivity index (χ2v) is 3.81. The van der Waals surface area contributed by atoms with E-state index < -0.39 is 17.9 Å². The summed E-state index contributed by atoms with van der Waals surface area (Å²) in [6.07, 6.45) is 1.69. The molecule has 16 heavy (non-hydrogen) atoms. The van der Waals surface area contributed by atoms with Gasteiger partial charge < -0.3 is 10.4 Å². The third-order valence-electron chi connectivity index (χ3n) is 2.09. The molecule has 1 heterocycles. The lowest BCUT2D eigenvalue weighted by Crippen LogP contribution is -2.38. The molecule has 0 bridgehead atoms. The number of hydrogen-bond acceptors (Lipinski definition) is 3. The molecular formula is C10H15N3O3. The topological polar surface area (TPSA) is 84.2 Å². The van der Waals surface area contributed by atoms with Gasteiger partial charge in [-0.2, -0.15) is 5.10 Å². The highest BCUT2D eigenvalue weighted by Gasteiger charge is 2.17. The summed E-state index contributed by atoms with van der Waals surface area (Å²) in [5, 5.41) is 15.0. The number of carboxylic acid groups (broad SMARTS) is 1. The highest BCUT2D eigenvalue weighted by Crippen LogP contribution is 2.04. The number of aliphatic carboxylic acids is 1. The lowest BCUT2D eigenvalue weighted by Gasteiger charge is -2.07. The van der Waals surface area contributed by atoms with Gasteiger partial charge in [-0.1, -0.05) is 0 Å². The van der Waals surface area contributed by atoms with Crippen LogP contribution in [0.2, 0.25) is 0 Å². The van der Waals surface area contributed by atoms with E-state index in [1.165, 1.54) is 6.92 Å². The third-order valence-corrected chi connectivity index (χ3v) is 2.09. The molecular weight excluding hydrogens is 210 g/mol. The first-order chi connectivity index (χ1) is 7.41. The van der Waals surface area contributed by atoms with E-state index in [2.05, 4.69) is 10.4 Å². The molecule has 6 heteroatoms. The lowest BCUT2D eigenvalue weighted by atomic mass is 10.3. The molecule has 6 nitrogen and oxygen atoms in total. The van der Waals surface area contributed by atoms with Gasteiger partial charge >= 0.3 is 5.97 Å². The van der Waals surface area contributed by atoms with E-state index in [4.69, 9.17) is 5.11 Å². The average molecular weight is 225 g/mol. The zero-order valence-electron chi connectivity index (χ0n) is 9.47. The van der Waals surface area contributed by atoms with Crippen molar-refractivity contribution in [3.8, 4) is 0 Å². The first-order valence-electron chi connectivity index (χ1n) is 5.00. The Hall–Kier alpha value is -1.85. The molecule has 0 radical (unpaired) electrons. The molecule has 0 unspecified atom stereocenters. The van der Waals surface area contributed by atoms with E-state index in [1.54, 1.807) is 16.9 Å². The van der Waals surface area contributed by atoms with E-state index in [0.717, 1.165) is 0 Å². The quantitative estimate of drug-likeness (QED) is 0.788. The number of hydrogen-bond donors (Lipinski definition) is 2. The van der Waals surface area contributed by atoms with E-state index in [-0.39, 0.29) is 11.7 Å². The number of rotatable bonds is 4. The Kier molecular flexibility index (Phi) is 3.65. The summed E-state index contributed by atoms with van der Waals surface area (Å²) in [7, 11) is 0. The van der Waals surface area contributed by atoms with Gasteiger partial charge in [-0.05, 0) is 26.8 Å². The zero-order valence-corrected chi connectivity index (χ0v) is 9.47. The maximum Gasteiger partial charge on any atom is 0.325 e. The third kappa shape index (κ3) is 2.82. The van der Waals surface area contributed by atoms with Gasteiger partial charge in [0, 0.05) is 12.2 Å². The molecule has 1 aromatic heterocycles. The van der Waals surface area contributed by atoms with Crippen molar-refractivity contribution in [1.29, 1.82) is 0 Å². The fourth-order valence-corrected chi connectivity index (χ4v) is 1.08. The predicted octanol–water partition coefficient (Wildman–Crippen LogP) is 0.667. The zero-order chi connectivity index (χ0) is 12.3. The van der Waals surface area contributed by atoms with Crippen molar-refractivity contribution in [2.75, 3.05) is 0 Å². The van der Waals surface area contributed by atoms with E-state index >= 15 is 0 Å². The van der Waals surface area contributed by atoms with E-state index in [0.29, 0.717) is 0 Å². The average Bonchev–Trinajstić information content (AvgIpc) is 2.65. The fraction of sp³-hybridized carbons (Fsp3) is 0.500. The monoisotopic (exact) mass is 225 g/mol. The van der Waals surface area contributed by atoms with E-state index in [9.17, 15) is 9.59 Å². The maximum atomic E-state index is 11.5. The van der Waals surface area contributed by atoms with Crippen molar-refractivity contribution in [3.63, 3.8) is 0 Å². The van der Waals surface area contributed by atoms with Crippen molar-refractivity contribution in [2.45, 2.75) is 32.9 Å². The molecule has 1 aromatic rings. The van der Waals surface area contributed by atoms with Crippen LogP contribution in [0.3, 0.4) is 0 Å². The molecule has 88 valence electrons. The van der Waals surface area contributed by atoms with Crippen LogP contribution < -0.4 is 5.32 Å². The highest BCUT2D eigenvalue weighted by molar-refractivity contribution is 5.94. The van der Waals surface area contributed by atoms with Crippen molar-refractivity contribution in [2.24, 2.45) is 0 Å². The van der Waals surface area contributed by atoms with Crippen LogP contribution in [0.1, 0.15) is 37.3 Å². The number of carboxylic acids is 1. The molecule has 1 rings (SSSR count). The molecule has 0 saturated carbocycles. The van der Waals surface area contributed by atoms with Crippen LogP contribution in [-0.4, -0.2) is 32.8 Å². The van der Waals surface area contributed by atoms with Gasteiger partial charge in [-0.3, -0.25) is 14.3 Å². The standard InChI is InChI=1S/C10H15N3O3/c1-6(2)13-5-4-8(12-13)9(14)11-7(3)10(15)16/h4-7H,1-3H3,(H,11,14)(H,15,16)/t7-/m1/s1. The first-order valence-corrected chi connectivity index (χ1v) is 5.00. The number of carbonyl (C=O) groups excluding carboxylic acids is 1. The van der Waals surface area contributed by atoms with Crippen molar-refractivity contribution < 1.29 is 14.7 Å². The van der Waals surface area contributed by atoms with Gasteiger partial charge in [-0.15, -0.1) is 0 Å². The second kappa shape index (κ2) is 4.78. The second-order valence-electron chi connectivity index (χ2n) is 3.81. The summed E-state index contributed by atoms with van der Waals surface area (Å²) in [6, 6.07) is 0.805. The van der Waals surface area contributed by atoms with Crippen molar-refractivity contribution in [1.82, 2.24) is 15.1 Å². The Morgan fingerprint density at radius 1 is 1.44 bits per heavy atom. The Bertz CT molecular complexity index is 398. The summed E-state index contributed by atoms with van der Waals surface area (Å²) in [5.74, 6) is -1.55. The number of amides is 1. The van der Waals surface area contributed by atoms with Crippen LogP contribution in [-0.2, 0) is 4.79 Å². The predicted molar refractivity (Wildman–Crippen MR) is 57.2 cm³/mol. The Balaban J connectivity index is 2.70. The van der Waals surface area contributed by atoms with Gasteiger partial charge in [0.25, 0.3) is 5.91 Å².